The SMILES string of the molecule is COc1ccc(Cl)c2sc(N(CCN(C)C)C(=O)CS(=O)(=O)c3ccccc3)nc12. The molecule has 0 atom stereocenters. The summed E-state index contributed by atoms with van der Waals surface area (Å²) in [5.74, 6) is -0.658. The van der Waals surface area contributed by atoms with Crippen LogP contribution in [0.4, 0.5) is 5.13 Å². The molecule has 30 heavy (non-hydrogen) atoms. The average molecular weight is 468 g/mol. The highest BCUT2D eigenvalue weighted by molar-refractivity contribution is 7.92. The van der Waals surface area contributed by atoms with E-state index in [0.717, 1.165) is 0 Å². The third-order valence-electron chi connectivity index (χ3n) is 4.39. The Hall–Kier alpha value is -2.20. The molecule has 160 valence electrons. The van der Waals surface area contributed by atoms with Gasteiger partial charge in [-0.2, -0.15) is 0 Å². The zero-order valence-electron chi connectivity index (χ0n) is 16.8. The van der Waals surface area contributed by atoms with Gasteiger partial charge in [0, 0.05) is 13.1 Å². The van der Waals surface area contributed by atoms with E-state index in [1.165, 1.54) is 35.5 Å². The summed E-state index contributed by atoms with van der Waals surface area (Å²) in [7, 11) is 1.50. The third kappa shape index (κ3) is 4.92. The number of carbonyl (C=O) groups excluding carboxylic acids is 1. The highest BCUT2D eigenvalue weighted by Crippen LogP contribution is 2.38. The Kier molecular flexibility index (Phi) is 6.97. The van der Waals surface area contributed by atoms with Gasteiger partial charge in [0.15, 0.2) is 15.0 Å². The van der Waals surface area contributed by atoms with Crippen LogP contribution in [0.25, 0.3) is 10.2 Å². The molecule has 0 aliphatic heterocycles. The Morgan fingerprint density at radius 3 is 2.47 bits per heavy atom. The van der Waals surface area contributed by atoms with Gasteiger partial charge in [0.05, 0.1) is 21.7 Å². The van der Waals surface area contributed by atoms with Gasteiger partial charge >= 0.3 is 0 Å². The van der Waals surface area contributed by atoms with Crippen molar-refractivity contribution in [1.82, 2.24) is 9.88 Å². The lowest BCUT2D eigenvalue weighted by Gasteiger charge is -2.22. The molecule has 0 saturated heterocycles. The van der Waals surface area contributed by atoms with Crippen molar-refractivity contribution in [1.29, 1.82) is 0 Å². The molecular weight excluding hydrogens is 446 g/mol. The van der Waals surface area contributed by atoms with Crippen LogP contribution in [0.2, 0.25) is 5.02 Å². The van der Waals surface area contributed by atoms with Crippen molar-refractivity contribution >= 4 is 54.0 Å². The topological polar surface area (TPSA) is 79.8 Å². The molecule has 3 aromatic rings. The van der Waals surface area contributed by atoms with Crippen LogP contribution in [-0.4, -0.2) is 64.3 Å². The van der Waals surface area contributed by atoms with E-state index in [2.05, 4.69) is 4.98 Å². The summed E-state index contributed by atoms with van der Waals surface area (Å²) < 4.78 is 31.5. The molecule has 0 spiro atoms. The van der Waals surface area contributed by atoms with Gasteiger partial charge in [-0.15, -0.1) is 0 Å². The van der Waals surface area contributed by atoms with E-state index in [0.29, 0.717) is 32.7 Å². The van der Waals surface area contributed by atoms with Gasteiger partial charge in [-0.05, 0) is 38.4 Å². The van der Waals surface area contributed by atoms with Crippen LogP contribution >= 0.6 is 22.9 Å². The molecular formula is C20H22ClN3O4S2. The van der Waals surface area contributed by atoms with E-state index >= 15 is 0 Å². The van der Waals surface area contributed by atoms with E-state index in [1.54, 1.807) is 30.3 Å². The Morgan fingerprint density at radius 1 is 1.13 bits per heavy atom. The second-order valence-electron chi connectivity index (χ2n) is 6.84. The van der Waals surface area contributed by atoms with E-state index < -0.39 is 21.5 Å². The van der Waals surface area contributed by atoms with Gasteiger partial charge in [-0.25, -0.2) is 13.4 Å². The number of sulfone groups is 1. The van der Waals surface area contributed by atoms with E-state index in [1.807, 2.05) is 19.0 Å². The fourth-order valence-corrected chi connectivity index (χ4v) is 5.32. The average Bonchev–Trinajstić information content (AvgIpc) is 3.14. The van der Waals surface area contributed by atoms with Crippen molar-refractivity contribution in [2.75, 3.05) is 44.9 Å². The number of likely N-dealkylation sites (N-methyl/N-ethyl adjacent to an activating group) is 1. The summed E-state index contributed by atoms with van der Waals surface area (Å²) in [6.45, 7) is 0.827. The molecule has 7 nitrogen and oxygen atoms in total. The molecule has 0 aliphatic rings. The lowest BCUT2D eigenvalue weighted by atomic mass is 10.3. The van der Waals surface area contributed by atoms with Crippen molar-refractivity contribution in [3.05, 3.63) is 47.5 Å². The number of nitrogens with zero attached hydrogens (tertiary/aromatic N) is 3. The summed E-state index contributed by atoms with van der Waals surface area (Å²) in [6.07, 6.45) is 0. The summed E-state index contributed by atoms with van der Waals surface area (Å²) in [5.41, 5.74) is 0.540. The number of benzene rings is 2. The van der Waals surface area contributed by atoms with Crippen molar-refractivity contribution in [2.24, 2.45) is 0 Å². The van der Waals surface area contributed by atoms with Gasteiger partial charge in [0.2, 0.25) is 5.91 Å². The largest absolute Gasteiger partial charge is 0.494 e. The van der Waals surface area contributed by atoms with Crippen LogP contribution < -0.4 is 9.64 Å². The fourth-order valence-electron chi connectivity index (χ4n) is 2.80. The van der Waals surface area contributed by atoms with Crippen LogP contribution in [0, 0.1) is 0 Å². The smallest absolute Gasteiger partial charge is 0.244 e. The molecule has 0 N–H and O–H groups in total. The number of hydrogen-bond donors (Lipinski definition) is 0. The summed E-state index contributed by atoms with van der Waals surface area (Å²) in [6, 6.07) is 11.4. The molecule has 0 radical (unpaired) electrons. The van der Waals surface area contributed by atoms with Crippen LogP contribution in [0.15, 0.2) is 47.4 Å². The monoisotopic (exact) mass is 467 g/mol. The molecule has 1 aromatic heterocycles. The summed E-state index contributed by atoms with van der Waals surface area (Å²) >= 11 is 7.54. The maximum Gasteiger partial charge on any atom is 0.244 e. The van der Waals surface area contributed by atoms with Gasteiger partial charge in [-0.1, -0.05) is 41.1 Å². The first-order valence-electron chi connectivity index (χ1n) is 9.09. The molecule has 1 heterocycles. The number of methoxy groups -OCH3 is 1. The minimum Gasteiger partial charge on any atom is -0.494 e. The lowest BCUT2D eigenvalue weighted by Crippen LogP contribution is -2.40. The normalized spacial score (nSPS) is 11.8. The number of fused-ring (bicyclic) bond motifs is 1. The van der Waals surface area contributed by atoms with Crippen LogP contribution in [-0.2, 0) is 14.6 Å². The van der Waals surface area contributed by atoms with Gasteiger partial charge in [0.1, 0.15) is 17.0 Å². The van der Waals surface area contributed by atoms with Crippen LogP contribution in [0.1, 0.15) is 0 Å². The van der Waals surface area contributed by atoms with Gasteiger partial charge in [-0.3, -0.25) is 9.69 Å². The van der Waals surface area contributed by atoms with E-state index in [-0.39, 0.29) is 11.4 Å². The number of thiazole rings is 1. The molecule has 1 amide bonds. The number of aromatic nitrogens is 1. The van der Waals surface area contributed by atoms with Gasteiger partial charge < -0.3 is 9.64 Å². The predicted molar refractivity (Wildman–Crippen MR) is 121 cm³/mol. The first kappa shape index (κ1) is 22.5. The van der Waals surface area contributed by atoms with E-state index in [9.17, 15) is 13.2 Å². The summed E-state index contributed by atoms with van der Waals surface area (Å²) in [4.78, 5) is 21.1. The Labute approximate surface area is 184 Å². The van der Waals surface area contributed by atoms with Crippen LogP contribution in [0.5, 0.6) is 5.75 Å². The third-order valence-corrected chi connectivity index (χ3v) is 7.54. The number of anilines is 1. The predicted octanol–water partition coefficient (Wildman–Crippen LogP) is 3.33. The molecule has 0 aliphatic carbocycles. The zero-order chi connectivity index (χ0) is 21.9. The molecule has 0 fully saturated rings. The first-order valence-corrected chi connectivity index (χ1v) is 11.9. The first-order chi connectivity index (χ1) is 14.2. The molecule has 3 rings (SSSR count). The molecule has 10 heteroatoms. The molecule has 2 aromatic carbocycles. The van der Waals surface area contributed by atoms with Crippen molar-refractivity contribution in [3.63, 3.8) is 0 Å². The Bertz CT molecular complexity index is 1150. The number of carbonyl (C=O) groups is 1. The number of ether oxygens (including phenoxy) is 1. The molecule has 0 bridgehead atoms. The number of halogens is 1. The fraction of sp³-hybridized carbons (Fsp3) is 0.300. The standard InChI is InChI=1S/C20H22ClN3O4S2/c1-23(2)11-12-24(17(25)13-30(26,27)14-7-5-4-6-8-14)20-22-18-16(28-3)10-9-15(21)19(18)29-20/h4-10H,11-13H2,1-3H3. The minimum atomic E-state index is -3.78. The maximum absolute atomic E-state index is 13.1. The highest BCUT2D eigenvalue weighted by Gasteiger charge is 2.27. The number of rotatable bonds is 8. The van der Waals surface area contributed by atoms with Crippen molar-refractivity contribution in [2.45, 2.75) is 4.90 Å². The number of amides is 1. The van der Waals surface area contributed by atoms with Crippen LogP contribution in [0.3, 0.4) is 0 Å². The highest BCUT2D eigenvalue weighted by atomic mass is 35.5. The minimum absolute atomic E-state index is 0.111. The lowest BCUT2D eigenvalue weighted by molar-refractivity contribution is -0.116. The quantitative estimate of drug-likeness (QED) is 0.505. The maximum atomic E-state index is 13.1. The van der Waals surface area contributed by atoms with E-state index in [4.69, 9.17) is 16.3 Å². The number of hydrogen-bond acceptors (Lipinski definition) is 7. The Morgan fingerprint density at radius 2 is 1.83 bits per heavy atom. The molecule has 0 saturated carbocycles. The Balaban J connectivity index is 1.98. The molecule has 0 unspecified atom stereocenters. The van der Waals surface area contributed by atoms with Gasteiger partial charge in [0.25, 0.3) is 0 Å². The zero-order valence-corrected chi connectivity index (χ0v) is 19.2. The summed E-state index contributed by atoms with van der Waals surface area (Å²) in [5, 5.41) is 0.873. The van der Waals surface area contributed by atoms with Crippen molar-refractivity contribution in [3.8, 4) is 5.75 Å². The second-order valence-corrected chi connectivity index (χ2v) is 10.2. The van der Waals surface area contributed by atoms with Crippen molar-refractivity contribution < 1.29 is 17.9 Å². The second kappa shape index (κ2) is 9.30.